The fourth-order valence-corrected chi connectivity index (χ4v) is 5.28. The molecule has 1 fully saturated rings. The zero-order chi connectivity index (χ0) is 29.1. The third-order valence-corrected chi connectivity index (χ3v) is 7.85. The van der Waals surface area contributed by atoms with Crippen LogP contribution in [0.3, 0.4) is 0 Å². The molecule has 210 valence electrons. The molecule has 0 aliphatic carbocycles. The Labute approximate surface area is 241 Å². The van der Waals surface area contributed by atoms with Crippen molar-refractivity contribution in [2.24, 2.45) is 10.7 Å². The van der Waals surface area contributed by atoms with Gasteiger partial charge in [-0.1, -0.05) is 30.8 Å². The highest BCUT2D eigenvalue weighted by molar-refractivity contribution is 6.23. The largest absolute Gasteiger partial charge is 0.404 e. The Kier molecular flexibility index (Phi) is 8.03. The standard InChI is InChI=1S/C33H37N7O/c1-6-30(41)37-29-18-24(8-7-21(29)2)31-27-17-25(28(19-34)22(3)35-4)20-36-33(27)38-32(31)23-9-11-26(12-10-23)40-15-13-39(5)14-16-40/h6-12,17-20H,1,13-16,34H2,2-5H3,(H,36,38)(H,37,41)/b28-19+,35-22?. The van der Waals surface area contributed by atoms with E-state index in [4.69, 9.17) is 10.7 Å². The number of aliphatic imine (C=N–C) groups is 1. The average Bonchev–Trinajstić information content (AvgIpc) is 3.38. The second-order valence-electron chi connectivity index (χ2n) is 10.4. The molecule has 2 aromatic heterocycles. The van der Waals surface area contributed by atoms with E-state index in [2.05, 4.69) is 75.1 Å². The van der Waals surface area contributed by atoms with Crippen LogP contribution in [0.15, 0.2) is 78.6 Å². The van der Waals surface area contributed by atoms with Crippen molar-refractivity contribution in [1.29, 1.82) is 0 Å². The molecule has 4 aromatic rings. The molecule has 0 atom stereocenters. The highest BCUT2D eigenvalue weighted by Gasteiger charge is 2.20. The number of nitrogens with two attached hydrogens (primary N) is 1. The number of carbonyl (C=O) groups excluding carboxylic acids is 1. The Morgan fingerprint density at radius 3 is 2.46 bits per heavy atom. The van der Waals surface area contributed by atoms with E-state index >= 15 is 0 Å². The van der Waals surface area contributed by atoms with Crippen LogP contribution in [0.4, 0.5) is 11.4 Å². The van der Waals surface area contributed by atoms with E-state index in [1.165, 1.54) is 11.8 Å². The molecule has 0 radical (unpaired) electrons. The van der Waals surface area contributed by atoms with Crippen molar-refractivity contribution < 1.29 is 4.79 Å². The zero-order valence-electron chi connectivity index (χ0n) is 24.2. The minimum Gasteiger partial charge on any atom is -0.404 e. The van der Waals surface area contributed by atoms with Crippen LogP contribution in [0.5, 0.6) is 0 Å². The van der Waals surface area contributed by atoms with Gasteiger partial charge in [0.25, 0.3) is 0 Å². The molecule has 0 saturated carbocycles. The number of nitrogens with one attached hydrogen (secondary N) is 2. The number of hydrogen-bond donors (Lipinski definition) is 3. The number of hydrogen-bond acceptors (Lipinski definition) is 6. The van der Waals surface area contributed by atoms with Crippen molar-refractivity contribution in [2.75, 3.05) is 50.5 Å². The minimum atomic E-state index is -0.250. The Hall–Kier alpha value is -4.69. The van der Waals surface area contributed by atoms with E-state index in [9.17, 15) is 4.79 Å². The predicted molar refractivity (Wildman–Crippen MR) is 171 cm³/mol. The summed E-state index contributed by atoms with van der Waals surface area (Å²) in [5.74, 6) is -0.250. The van der Waals surface area contributed by atoms with Gasteiger partial charge in [-0.25, -0.2) is 4.98 Å². The number of anilines is 2. The molecule has 1 amide bonds. The summed E-state index contributed by atoms with van der Waals surface area (Å²) >= 11 is 0. The molecule has 3 heterocycles. The number of rotatable bonds is 7. The zero-order valence-corrected chi connectivity index (χ0v) is 24.2. The van der Waals surface area contributed by atoms with Gasteiger partial charge in [0.15, 0.2) is 0 Å². The van der Waals surface area contributed by atoms with Gasteiger partial charge in [0.2, 0.25) is 5.91 Å². The summed E-state index contributed by atoms with van der Waals surface area (Å²) in [5, 5.41) is 3.90. The van der Waals surface area contributed by atoms with E-state index in [0.717, 1.165) is 87.7 Å². The fraction of sp³-hybridized carbons (Fsp3) is 0.242. The topological polar surface area (TPSA) is 103 Å². The molecule has 5 rings (SSSR count). The number of aryl methyl sites for hydroxylation is 1. The van der Waals surface area contributed by atoms with Gasteiger partial charge < -0.3 is 25.8 Å². The summed E-state index contributed by atoms with van der Waals surface area (Å²) in [4.78, 5) is 29.7. The number of allylic oxidation sites excluding steroid dienone is 1. The van der Waals surface area contributed by atoms with E-state index < -0.39 is 0 Å². The van der Waals surface area contributed by atoms with E-state index in [0.29, 0.717) is 0 Å². The molecule has 8 nitrogen and oxygen atoms in total. The summed E-state index contributed by atoms with van der Waals surface area (Å²) in [7, 11) is 3.92. The quantitative estimate of drug-likeness (QED) is 0.210. The second kappa shape index (κ2) is 11.8. The van der Waals surface area contributed by atoms with Gasteiger partial charge in [-0.05, 0) is 67.9 Å². The number of aromatic amines is 1. The van der Waals surface area contributed by atoms with Gasteiger partial charge in [0.1, 0.15) is 5.65 Å². The predicted octanol–water partition coefficient (Wildman–Crippen LogP) is 5.47. The molecule has 0 unspecified atom stereocenters. The first-order valence-electron chi connectivity index (χ1n) is 13.8. The molecule has 1 aliphatic heterocycles. The van der Waals surface area contributed by atoms with Gasteiger partial charge >= 0.3 is 0 Å². The number of nitrogens with zero attached hydrogens (tertiary/aromatic N) is 4. The number of benzene rings is 2. The summed E-state index contributed by atoms with van der Waals surface area (Å²) < 4.78 is 0. The van der Waals surface area contributed by atoms with Crippen molar-refractivity contribution in [3.63, 3.8) is 0 Å². The maximum absolute atomic E-state index is 12.2. The van der Waals surface area contributed by atoms with E-state index in [1.807, 2.05) is 32.2 Å². The van der Waals surface area contributed by atoms with Crippen LogP contribution < -0.4 is 16.0 Å². The van der Waals surface area contributed by atoms with Gasteiger partial charge in [-0.3, -0.25) is 9.79 Å². The number of fused-ring (bicyclic) bond motifs is 1. The second-order valence-corrected chi connectivity index (χ2v) is 10.4. The summed E-state index contributed by atoms with van der Waals surface area (Å²) in [5.41, 5.74) is 16.2. The first-order chi connectivity index (χ1) is 19.8. The van der Waals surface area contributed by atoms with Crippen LogP contribution >= 0.6 is 0 Å². The molecule has 0 bridgehead atoms. The van der Waals surface area contributed by atoms with Crippen molar-refractivity contribution in [1.82, 2.24) is 14.9 Å². The highest BCUT2D eigenvalue weighted by Crippen LogP contribution is 2.40. The van der Waals surface area contributed by atoms with Crippen molar-refractivity contribution >= 4 is 39.6 Å². The van der Waals surface area contributed by atoms with Crippen LogP contribution in [0.25, 0.3) is 39.0 Å². The molecule has 1 aliphatic rings. The molecule has 2 aromatic carbocycles. The number of likely N-dealkylation sites (N-methyl/N-ethyl adjacent to an activating group) is 1. The normalized spacial score (nSPS) is 14.9. The fourth-order valence-electron chi connectivity index (χ4n) is 5.28. The number of pyridine rings is 1. The lowest BCUT2D eigenvalue weighted by atomic mass is 9.95. The van der Waals surface area contributed by atoms with Crippen molar-refractivity contribution in [2.45, 2.75) is 13.8 Å². The highest BCUT2D eigenvalue weighted by atomic mass is 16.1. The molecular formula is C33H37N7O. The lowest BCUT2D eigenvalue weighted by Crippen LogP contribution is -2.44. The maximum Gasteiger partial charge on any atom is 0.247 e. The van der Waals surface area contributed by atoms with Gasteiger partial charge in [-0.2, -0.15) is 0 Å². The average molecular weight is 548 g/mol. The third-order valence-electron chi connectivity index (χ3n) is 7.85. The number of H-pyrrole nitrogens is 1. The number of carbonyl (C=O) groups is 1. The minimum absolute atomic E-state index is 0.250. The van der Waals surface area contributed by atoms with E-state index in [-0.39, 0.29) is 5.91 Å². The van der Waals surface area contributed by atoms with Crippen LogP contribution in [0.1, 0.15) is 18.1 Å². The van der Waals surface area contributed by atoms with E-state index in [1.54, 1.807) is 13.2 Å². The molecule has 8 heteroatoms. The number of amides is 1. The monoisotopic (exact) mass is 547 g/mol. The molecule has 4 N–H and O–H groups in total. The Bertz CT molecular complexity index is 1660. The Morgan fingerprint density at radius 2 is 1.80 bits per heavy atom. The smallest absolute Gasteiger partial charge is 0.247 e. The van der Waals surface area contributed by atoms with Gasteiger partial charge in [0, 0.05) is 84.8 Å². The maximum atomic E-state index is 12.2. The summed E-state index contributed by atoms with van der Waals surface area (Å²) in [6, 6.07) is 16.9. The number of piperazine rings is 1. The van der Waals surface area contributed by atoms with Crippen LogP contribution in [0.2, 0.25) is 0 Å². The Balaban J connectivity index is 1.66. The van der Waals surface area contributed by atoms with Crippen LogP contribution in [-0.2, 0) is 4.79 Å². The first kappa shape index (κ1) is 27.9. The molecule has 0 spiro atoms. The SMILES string of the molecule is C=CC(=O)Nc1cc(-c2c(-c3ccc(N4CCN(C)CC4)cc3)[nH]c3ncc(/C(=C/N)C(C)=NC)cc23)ccc1C. The lowest BCUT2D eigenvalue weighted by Gasteiger charge is -2.34. The molecule has 1 saturated heterocycles. The summed E-state index contributed by atoms with van der Waals surface area (Å²) in [6.07, 6.45) is 4.67. The van der Waals surface area contributed by atoms with Crippen molar-refractivity contribution in [3.8, 4) is 22.4 Å². The van der Waals surface area contributed by atoms with Crippen LogP contribution in [0, 0.1) is 6.92 Å². The summed E-state index contributed by atoms with van der Waals surface area (Å²) in [6.45, 7) is 11.6. The van der Waals surface area contributed by atoms with Crippen molar-refractivity contribution in [3.05, 3.63) is 84.7 Å². The molecule has 41 heavy (non-hydrogen) atoms. The first-order valence-corrected chi connectivity index (χ1v) is 13.8. The third kappa shape index (κ3) is 5.64. The van der Waals surface area contributed by atoms with Gasteiger partial charge in [-0.15, -0.1) is 0 Å². The molecular weight excluding hydrogens is 510 g/mol. The Morgan fingerprint density at radius 1 is 1.10 bits per heavy atom. The number of aromatic nitrogens is 2. The van der Waals surface area contributed by atoms with Gasteiger partial charge in [0.05, 0.1) is 5.69 Å². The van der Waals surface area contributed by atoms with Crippen LogP contribution in [-0.4, -0.2) is 66.8 Å². The lowest BCUT2D eigenvalue weighted by molar-refractivity contribution is -0.111.